The van der Waals surface area contributed by atoms with Crippen molar-refractivity contribution in [3.05, 3.63) is 137 Å². The molecule has 0 aromatic heterocycles. The van der Waals surface area contributed by atoms with E-state index < -0.39 is 0 Å². The second-order valence-corrected chi connectivity index (χ2v) is 10.3. The molecule has 0 radical (unpaired) electrons. The second-order valence-electron chi connectivity index (χ2n) is 10.3. The molecular weight excluding hydrogens is 452 g/mol. The molecule has 4 aromatic rings. The summed E-state index contributed by atoms with van der Waals surface area (Å²) in [5.74, 6) is 0.665. The first kappa shape index (κ1) is 26.2. The van der Waals surface area contributed by atoms with Crippen molar-refractivity contribution in [3.63, 3.8) is 0 Å². The number of rotatable bonds is 9. The Kier molecular flexibility index (Phi) is 8.79. The molecule has 0 atom stereocenters. The number of amides is 2. The molecule has 0 unspecified atom stereocenters. The Morgan fingerprint density at radius 1 is 0.649 bits per heavy atom. The predicted octanol–water partition coefficient (Wildman–Crippen LogP) is 8.80. The van der Waals surface area contributed by atoms with Gasteiger partial charge >= 0.3 is 6.03 Å². The van der Waals surface area contributed by atoms with Crippen molar-refractivity contribution in [1.82, 2.24) is 4.90 Å². The Bertz CT molecular complexity index is 1200. The Hall–Kier alpha value is -3.85. The topological polar surface area (TPSA) is 32.3 Å². The third kappa shape index (κ3) is 6.68. The number of anilines is 1. The number of nitrogens with one attached hydrogen (secondary N) is 1. The summed E-state index contributed by atoms with van der Waals surface area (Å²) in [5, 5.41) is 3.36. The van der Waals surface area contributed by atoms with E-state index in [0.29, 0.717) is 24.9 Å². The van der Waals surface area contributed by atoms with E-state index in [1.165, 1.54) is 22.3 Å². The zero-order valence-corrected chi connectivity index (χ0v) is 22.4. The molecule has 3 heteroatoms. The van der Waals surface area contributed by atoms with Gasteiger partial charge in [-0.2, -0.15) is 0 Å². The molecule has 2 amide bonds. The Labute approximate surface area is 222 Å². The molecule has 4 rings (SSSR count). The third-order valence-corrected chi connectivity index (χ3v) is 6.92. The molecule has 0 spiro atoms. The van der Waals surface area contributed by atoms with Crippen molar-refractivity contribution in [2.45, 2.75) is 52.0 Å². The van der Waals surface area contributed by atoms with Crippen LogP contribution < -0.4 is 5.32 Å². The molecule has 1 N–H and O–H groups in total. The molecule has 190 valence electrons. The summed E-state index contributed by atoms with van der Waals surface area (Å²) in [7, 11) is 0. The summed E-state index contributed by atoms with van der Waals surface area (Å²) in [4.78, 5) is 16.0. The van der Waals surface area contributed by atoms with Crippen LogP contribution in [0.15, 0.2) is 109 Å². The molecule has 0 aliphatic carbocycles. The van der Waals surface area contributed by atoms with Crippen LogP contribution in [0.5, 0.6) is 0 Å². The number of urea groups is 1. The van der Waals surface area contributed by atoms with Crippen LogP contribution in [-0.4, -0.2) is 17.5 Å². The van der Waals surface area contributed by atoms with Gasteiger partial charge in [0, 0.05) is 24.7 Å². The summed E-state index contributed by atoms with van der Waals surface area (Å²) in [6.45, 7) is 9.81. The molecule has 4 aromatic carbocycles. The van der Waals surface area contributed by atoms with Gasteiger partial charge in [-0.1, -0.05) is 137 Å². The highest BCUT2D eigenvalue weighted by Crippen LogP contribution is 2.33. The van der Waals surface area contributed by atoms with Crippen LogP contribution >= 0.6 is 0 Å². The molecule has 0 heterocycles. The first-order chi connectivity index (χ1) is 17.9. The van der Waals surface area contributed by atoms with Crippen LogP contribution in [0.3, 0.4) is 0 Å². The lowest BCUT2D eigenvalue weighted by Crippen LogP contribution is -2.38. The first-order valence-electron chi connectivity index (χ1n) is 13.3. The lowest BCUT2D eigenvalue weighted by molar-refractivity contribution is 0.207. The van der Waals surface area contributed by atoms with Gasteiger partial charge in [0.1, 0.15) is 0 Å². The van der Waals surface area contributed by atoms with Gasteiger partial charge in [0.2, 0.25) is 0 Å². The van der Waals surface area contributed by atoms with Crippen molar-refractivity contribution in [2.24, 2.45) is 0 Å². The maximum absolute atomic E-state index is 14.1. The third-order valence-electron chi connectivity index (χ3n) is 6.92. The van der Waals surface area contributed by atoms with Gasteiger partial charge < -0.3 is 10.2 Å². The van der Waals surface area contributed by atoms with E-state index >= 15 is 0 Å². The van der Waals surface area contributed by atoms with Gasteiger partial charge in [-0.25, -0.2) is 4.79 Å². The number of hydrogen-bond donors (Lipinski definition) is 1. The molecule has 0 bridgehead atoms. The summed E-state index contributed by atoms with van der Waals surface area (Å²) in [6, 6.07) is 37.5. The monoisotopic (exact) mass is 490 g/mol. The molecular formula is C34H38N2O. The van der Waals surface area contributed by atoms with Gasteiger partial charge in [0.15, 0.2) is 0 Å². The number of benzene rings is 4. The SMILES string of the molecule is CC(C)c1cccc(C(C)C)c1NC(=O)N(Cc1ccccc1)CC(c1ccccc1)c1ccccc1. The lowest BCUT2D eigenvalue weighted by atomic mass is 9.90. The van der Waals surface area contributed by atoms with Gasteiger partial charge in [-0.05, 0) is 39.7 Å². The van der Waals surface area contributed by atoms with E-state index in [0.717, 1.165) is 11.3 Å². The van der Waals surface area contributed by atoms with Crippen LogP contribution in [0.4, 0.5) is 10.5 Å². The van der Waals surface area contributed by atoms with E-state index in [2.05, 4.69) is 112 Å². The van der Waals surface area contributed by atoms with E-state index in [-0.39, 0.29) is 11.9 Å². The van der Waals surface area contributed by atoms with E-state index in [4.69, 9.17) is 0 Å². The zero-order chi connectivity index (χ0) is 26.2. The van der Waals surface area contributed by atoms with E-state index in [9.17, 15) is 4.79 Å². The molecule has 0 aliphatic heterocycles. The predicted molar refractivity (Wildman–Crippen MR) is 155 cm³/mol. The van der Waals surface area contributed by atoms with Gasteiger partial charge in [0.05, 0.1) is 0 Å². The van der Waals surface area contributed by atoms with Crippen LogP contribution in [-0.2, 0) is 6.54 Å². The average Bonchev–Trinajstić information content (AvgIpc) is 2.92. The lowest BCUT2D eigenvalue weighted by Gasteiger charge is -2.30. The van der Waals surface area contributed by atoms with Crippen LogP contribution in [0, 0.1) is 0 Å². The minimum Gasteiger partial charge on any atom is -0.319 e. The number of carbonyl (C=O) groups is 1. The van der Waals surface area contributed by atoms with Gasteiger partial charge in [-0.15, -0.1) is 0 Å². The number of hydrogen-bond acceptors (Lipinski definition) is 1. The highest BCUT2D eigenvalue weighted by molar-refractivity contribution is 5.91. The molecule has 0 saturated carbocycles. The molecule has 0 fully saturated rings. The Balaban J connectivity index is 1.72. The maximum Gasteiger partial charge on any atom is 0.322 e. The molecule has 37 heavy (non-hydrogen) atoms. The van der Waals surface area contributed by atoms with Crippen molar-refractivity contribution < 1.29 is 4.79 Å². The highest BCUT2D eigenvalue weighted by Gasteiger charge is 2.24. The fourth-order valence-corrected chi connectivity index (χ4v) is 4.90. The fourth-order valence-electron chi connectivity index (χ4n) is 4.90. The molecule has 3 nitrogen and oxygen atoms in total. The molecule has 0 saturated heterocycles. The van der Waals surface area contributed by atoms with Crippen molar-refractivity contribution in [1.29, 1.82) is 0 Å². The standard InChI is InChI=1S/C34H38N2O/c1-25(2)30-21-14-22-31(26(3)4)33(30)35-34(37)36(23-27-15-8-5-9-16-27)24-32(28-17-10-6-11-18-28)29-19-12-7-13-20-29/h5-22,25-26,32H,23-24H2,1-4H3,(H,35,37). The summed E-state index contributed by atoms with van der Waals surface area (Å²) < 4.78 is 0. The number of nitrogens with zero attached hydrogens (tertiary/aromatic N) is 1. The number of para-hydroxylation sites is 1. The Morgan fingerprint density at radius 3 is 1.57 bits per heavy atom. The average molecular weight is 491 g/mol. The van der Waals surface area contributed by atoms with Gasteiger partial charge in [-0.3, -0.25) is 0 Å². The van der Waals surface area contributed by atoms with Crippen LogP contribution in [0.1, 0.15) is 73.3 Å². The van der Waals surface area contributed by atoms with Gasteiger partial charge in [0.25, 0.3) is 0 Å². The zero-order valence-electron chi connectivity index (χ0n) is 22.4. The first-order valence-corrected chi connectivity index (χ1v) is 13.3. The Morgan fingerprint density at radius 2 is 1.11 bits per heavy atom. The minimum atomic E-state index is -0.0734. The summed E-state index contributed by atoms with van der Waals surface area (Å²) in [6.07, 6.45) is 0. The summed E-state index contributed by atoms with van der Waals surface area (Å²) in [5.41, 5.74) is 6.80. The largest absolute Gasteiger partial charge is 0.322 e. The normalized spacial score (nSPS) is 11.2. The second kappa shape index (κ2) is 12.4. The molecule has 0 aliphatic rings. The van der Waals surface area contributed by atoms with Crippen molar-refractivity contribution in [3.8, 4) is 0 Å². The summed E-state index contributed by atoms with van der Waals surface area (Å²) >= 11 is 0. The van der Waals surface area contributed by atoms with E-state index in [1.54, 1.807) is 0 Å². The van der Waals surface area contributed by atoms with E-state index in [1.807, 2.05) is 35.2 Å². The fraction of sp³-hybridized carbons (Fsp3) is 0.265. The highest BCUT2D eigenvalue weighted by atomic mass is 16.2. The van der Waals surface area contributed by atoms with Crippen LogP contribution in [0.2, 0.25) is 0 Å². The van der Waals surface area contributed by atoms with Crippen molar-refractivity contribution >= 4 is 11.7 Å². The number of carbonyl (C=O) groups excluding carboxylic acids is 1. The van der Waals surface area contributed by atoms with Crippen LogP contribution in [0.25, 0.3) is 0 Å². The smallest absolute Gasteiger partial charge is 0.319 e. The van der Waals surface area contributed by atoms with Crippen molar-refractivity contribution in [2.75, 3.05) is 11.9 Å². The maximum atomic E-state index is 14.1. The quantitative estimate of drug-likeness (QED) is 0.250. The minimum absolute atomic E-state index is 0.0572.